The summed E-state index contributed by atoms with van der Waals surface area (Å²) in [6.07, 6.45) is -7.10. The number of phenolic OH excluding ortho intramolecular Hbond substituents is 1. The number of rotatable bonds is 7. The second-order valence-electron chi connectivity index (χ2n) is 6.94. The van der Waals surface area contributed by atoms with E-state index in [1.54, 1.807) is 31.4 Å². The highest BCUT2D eigenvalue weighted by Crippen LogP contribution is 2.29. The van der Waals surface area contributed by atoms with E-state index in [0.717, 1.165) is 5.56 Å². The summed E-state index contributed by atoms with van der Waals surface area (Å²) < 4.78 is 15.8. The number of ketones is 1. The summed E-state index contributed by atoms with van der Waals surface area (Å²) in [5.41, 5.74) is 0.841. The molecule has 0 saturated carbocycles. The van der Waals surface area contributed by atoms with E-state index in [9.17, 15) is 30.3 Å². The van der Waals surface area contributed by atoms with Gasteiger partial charge < -0.3 is 39.7 Å². The Labute approximate surface area is 172 Å². The van der Waals surface area contributed by atoms with Crippen LogP contribution in [0.1, 0.15) is 15.9 Å². The van der Waals surface area contributed by atoms with Crippen molar-refractivity contribution in [3.63, 3.8) is 0 Å². The van der Waals surface area contributed by atoms with Gasteiger partial charge in [0.25, 0.3) is 0 Å². The molecule has 0 amide bonds. The summed E-state index contributed by atoms with van der Waals surface area (Å²) in [6, 6.07) is 10.9. The minimum atomic E-state index is -1.58. The first-order valence-electron chi connectivity index (χ1n) is 9.30. The van der Waals surface area contributed by atoms with Gasteiger partial charge in [-0.15, -0.1) is 0 Å². The number of Topliss-reactive ketones (excluding diaryl/α,β-unsaturated/α-hetero) is 1. The number of methoxy groups -OCH3 is 1. The first kappa shape index (κ1) is 22.0. The normalized spacial score (nSPS) is 26.2. The lowest BCUT2D eigenvalue weighted by atomic mass is 9.99. The summed E-state index contributed by atoms with van der Waals surface area (Å²) in [5, 5.41) is 49.1. The molecule has 0 unspecified atom stereocenters. The standard InChI is InChI=1S/C21H24O9/c1-28-12-4-2-11(3-5-12)8-15(23)14-7-6-13(9-16(14)24)29-21-20(27)19(26)18(25)17(10-22)30-21/h2-7,9,17-22,24-27H,8,10H2,1H3/t17-,18-,19+,20-,21-/m0/s1. The topological polar surface area (TPSA) is 146 Å². The Balaban J connectivity index is 1.69. The Morgan fingerprint density at radius 2 is 1.67 bits per heavy atom. The van der Waals surface area contributed by atoms with Crippen molar-refractivity contribution in [2.24, 2.45) is 0 Å². The molecular weight excluding hydrogens is 396 g/mol. The molecule has 3 rings (SSSR count). The SMILES string of the molecule is COc1ccc(CC(=O)c2ccc(O[C@H]3O[C@@H](CO)[C@H](O)[C@@H](O)[C@@H]3O)cc2O)cc1. The fourth-order valence-corrected chi connectivity index (χ4v) is 3.14. The third-order valence-electron chi connectivity index (χ3n) is 4.89. The summed E-state index contributed by atoms with van der Waals surface area (Å²) in [6.45, 7) is -0.588. The molecular formula is C21H24O9. The van der Waals surface area contributed by atoms with Crippen molar-refractivity contribution >= 4 is 5.78 Å². The molecule has 0 spiro atoms. The maximum atomic E-state index is 12.5. The largest absolute Gasteiger partial charge is 0.507 e. The van der Waals surface area contributed by atoms with E-state index in [0.29, 0.717) is 5.75 Å². The van der Waals surface area contributed by atoms with Gasteiger partial charge in [0.2, 0.25) is 6.29 Å². The molecule has 1 saturated heterocycles. The van der Waals surface area contributed by atoms with Crippen molar-refractivity contribution < 1.29 is 44.5 Å². The van der Waals surface area contributed by atoms with Gasteiger partial charge in [0.05, 0.1) is 19.3 Å². The zero-order valence-electron chi connectivity index (χ0n) is 16.2. The van der Waals surface area contributed by atoms with Crippen LogP contribution in [0, 0.1) is 0 Å². The quantitative estimate of drug-likeness (QED) is 0.391. The van der Waals surface area contributed by atoms with Gasteiger partial charge in [-0.1, -0.05) is 12.1 Å². The molecule has 2 aromatic rings. The van der Waals surface area contributed by atoms with Crippen molar-refractivity contribution in [3.05, 3.63) is 53.6 Å². The first-order valence-corrected chi connectivity index (χ1v) is 9.30. The zero-order chi connectivity index (χ0) is 21.8. The highest BCUT2D eigenvalue weighted by atomic mass is 16.7. The summed E-state index contributed by atoms with van der Waals surface area (Å²) in [5.74, 6) is 0.106. The number of aliphatic hydroxyl groups is 4. The molecule has 0 radical (unpaired) electrons. The van der Waals surface area contributed by atoms with Gasteiger partial charge in [0, 0.05) is 12.5 Å². The zero-order valence-corrected chi connectivity index (χ0v) is 16.2. The number of benzene rings is 2. The third-order valence-corrected chi connectivity index (χ3v) is 4.89. The van der Waals surface area contributed by atoms with Crippen LogP contribution in [0.25, 0.3) is 0 Å². The molecule has 0 aromatic heterocycles. The molecule has 162 valence electrons. The Morgan fingerprint density at radius 1 is 1.00 bits per heavy atom. The van der Waals surface area contributed by atoms with E-state index in [2.05, 4.69) is 0 Å². The van der Waals surface area contributed by atoms with Gasteiger partial charge in [-0.05, 0) is 29.8 Å². The van der Waals surface area contributed by atoms with Crippen LogP contribution < -0.4 is 9.47 Å². The van der Waals surface area contributed by atoms with E-state index < -0.39 is 37.3 Å². The number of hydrogen-bond acceptors (Lipinski definition) is 9. The first-order chi connectivity index (χ1) is 14.3. The molecule has 5 atom stereocenters. The molecule has 9 heteroatoms. The van der Waals surface area contributed by atoms with Crippen molar-refractivity contribution in [1.29, 1.82) is 0 Å². The Bertz CT molecular complexity index is 865. The van der Waals surface area contributed by atoms with E-state index in [4.69, 9.17) is 14.2 Å². The lowest BCUT2D eigenvalue weighted by Gasteiger charge is -2.39. The maximum absolute atomic E-state index is 12.5. The summed E-state index contributed by atoms with van der Waals surface area (Å²) in [4.78, 5) is 12.5. The maximum Gasteiger partial charge on any atom is 0.229 e. The molecule has 0 bridgehead atoms. The van der Waals surface area contributed by atoms with Crippen molar-refractivity contribution in [3.8, 4) is 17.2 Å². The lowest BCUT2D eigenvalue weighted by Crippen LogP contribution is -2.60. The van der Waals surface area contributed by atoms with Gasteiger partial charge in [0.1, 0.15) is 41.7 Å². The molecule has 0 aliphatic carbocycles. The van der Waals surface area contributed by atoms with Crippen molar-refractivity contribution in [1.82, 2.24) is 0 Å². The average Bonchev–Trinajstić information content (AvgIpc) is 2.74. The predicted octanol–water partition coefficient (Wildman–Crippen LogP) is 0.00490. The van der Waals surface area contributed by atoms with Crippen LogP contribution >= 0.6 is 0 Å². The van der Waals surface area contributed by atoms with Gasteiger partial charge in [0.15, 0.2) is 5.78 Å². The predicted molar refractivity (Wildman–Crippen MR) is 104 cm³/mol. The van der Waals surface area contributed by atoms with E-state index in [1.807, 2.05) is 0 Å². The van der Waals surface area contributed by atoms with E-state index in [-0.39, 0.29) is 29.3 Å². The molecule has 1 aliphatic rings. The van der Waals surface area contributed by atoms with Crippen LogP contribution in [0.2, 0.25) is 0 Å². The number of aliphatic hydroxyl groups excluding tert-OH is 4. The number of hydrogen-bond donors (Lipinski definition) is 5. The van der Waals surface area contributed by atoms with Crippen molar-refractivity contribution in [2.45, 2.75) is 37.1 Å². The minimum Gasteiger partial charge on any atom is -0.507 e. The number of carbonyl (C=O) groups excluding carboxylic acids is 1. The second-order valence-corrected chi connectivity index (χ2v) is 6.94. The molecule has 30 heavy (non-hydrogen) atoms. The van der Waals surface area contributed by atoms with E-state index >= 15 is 0 Å². The van der Waals surface area contributed by atoms with Crippen LogP contribution in [0.15, 0.2) is 42.5 Å². The number of aromatic hydroxyl groups is 1. The lowest BCUT2D eigenvalue weighted by molar-refractivity contribution is -0.277. The van der Waals surface area contributed by atoms with Gasteiger partial charge in [-0.3, -0.25) is 4.79 Å². The van der Waals surface area contributed by atoms with Gasteiger partial charge in [-0.2, -0.15) is 0 Å². The van der Waals surface area contributed by atoms with Crippen LogP contribution in [0.3, 0.4) is 0 Å². The molecule has 5 N–H and O–H groups in total. The highest BCUT2D eigenvalue weighted by Gasteiger charge is 2.44. The highest BCUT2D eigenvalue weighted by molar-refractivity contribution is 6.00. The number of ether oxygens (including phenoxy) is 3. The van der Waals surface area contributed by atoms with Crippen LogP contribution in [0.5, 0.6) is 17.2 Å². The van der Waals surface area contributed by atoms with Gasteiger partial charge >= 0.3 is 0 Å². The molecule has 1 heterocycles. The van der Waals surface area contributed by atoms with Crippen LogP contribution in [0.4, 0.5) is 0 Å². The summed E-state index contributed by atoms with van der Waals surface area (Å²) in [7, 11) is 1.55. The summed E-state index contributed by atoms with van der Waals surface area (Å²) >= 11 is 0. The molecule has 9 nitrogen and oxygen atoms in total. The second kappa shape index (κ2) is 9.41. The minimum absolute atomic E-state index is 0.0674. The number of carbonyl (C=O) groups is 1. The Morgan fingerprint density at radius 3 is 2.27 bits per heavy atom. The van der Waals surface area contributed by atoms with Gasteiger partial charge in [-0.25, -0.2) is 0 Å². The fourth-order valence-electron chi connectivity index (χ4n) is 3.14. The third kappa shape index (κ3) is 4.72. The molecule has 1 fully saturated rings. The average molecular weight is 420 g/mol. The van der Waals surface area contributed by atoms with Crippen LogP contribution in [-0.2, 0) is 11.2 Å². The molecule has 1 aliphatic heterocycles. The Kier molecular flexibility index (Phi) is 6.91. The van der Waals surface area contributed by atoms with Crippen LogP contribution in [-0.4, -0.2) is 75.7 Å². The monoisotopic (exact) mass is 420 g/mol. The smallest absolute Gasteiger partial charge is 0.229 e. The van der Waals surface area contributed by atoms with E-state index in [1.165, 1.54) is 18.2 Å². The number of phenols is 1. The molecule has 2 aromatic carbocycles. The van der Waals surface area contributed by atoms with Crippen molar-refractivity contribution in [2.75, 3.05) is 13.7 Å². The Hall–Kier alpha value is -2.69. The fraction of sp³-hybridized carbons (Fsp3) is 0.381.